The molecular weight excluding hydrogens is 348 g/mol. The number of rotatable bonds is 4. The van der Waals surface area contributed by atoms with Gasteiger partial charge in [0.15, 0.2) is 0 Å². The standard InChI is InChI=1S/C19H16N4O2S/c24-18-12-26-17-7-6-15(10-16(17)22-18)21-19(25)14-4-2-13(3-5-14)11-23-9-1-8-20-23/h1-10H,11-12H2,(H,21,25)(H,22,24). The zero-order valence-electron chi connectivity index (χ0n) is 13.8. The quantitative estimate of drug-likeness (QED) is 0.745. The summed E-state index contributed by atoms with van der Waals surface area (Å²) in [6.45, 7) is 0.664. The van der Waals surface area contributed by atoms with Crippen LogP contribution in [0.3, 0.4) is 0 Å². The molecule has 0 atom stereocenters. The van der Waals surface area contributed by atoms with E-state index in [9.17, 15) is 9.59 Å². The van der Waals surface area contributed by atoms with Gasteiger partial charge in [-0.15, -0.1) is 11.8 Å². The molecule has 0 unspecified atom stereocenters. The first-order chi connectivity index (χ1) is 12.7. The van der Waals surface area contributed by atoms with E-state index < -0.39 is 0 Å². The molecule has 2 N–H and O–H groups in total. The van der Waals surface area contributed by atoms with Gasteiger partial charge in [-0.1, -0.05) is 12.1 Å². The van der Waals surface area contributed by atoms with E-state index >= 15 is 0 Å². The van der Waals surface area contributed by atoms with Crippen LogP contribution in [0.4, 0.5) is 11.4 Å². The average molecular weight is 364 g/mol. The van der Waals surface area contributed by atoms with Gasteiger partial charge in [-0.25, -0.2) is 0 Å². The number of thioether (sulfide) groups is 1. The second kappa shape index (κ2) is 7.05. The third-order valence-corrected chi connectivity index (χ3v) is 5.06. The number of carbonyl (C=O) groups is 2. The Hall–Kier alpha value is -3.06. The lowest BCUT2D eigenvalue weighted by atomic mass is 10.1. The highest BCUT2D eigenvalue weighted by molar-refractivity contribution is 8.00. The summed E-state index contributed by atoms with van der Waals surface area (Å²) in [6.07, 6.45) is 3.63. The van der Waals surface area contributed by atoms with Crippen LogP contribution in [0.1, 0.15) is 15.9 Å². The lowest BCUT2D eigenvalue weighted by molar-refractivity contribution is -0.113. The number of fused-ring (bicyclic) bond motifs is 1. The van der Waals surface area contributed by atoms with E-state index in [0.717, 1.165) is 16.1 Å². The first kappa shape index (κ1) is 16.4. The molecule has 130 valence electrons. The molecule has 7 heteroatoms. The van der Waals surface area contributed by atoms with Crippen molar-refractivity contribution in [1.29, 1.82) is 0 Å². The molecule has 3 aromatic rings. The third-order valence-electron chi connectivity index (χ3n) is 3.99. The summed E-state index contributed by atoms with van der Waals surface area (Å²) in [6, 6.07) is 14.8. The first-order valence-corrected chi connectivity index (χ1v) is 9.10. The highest BCUT2D eigenvalue weighted by atomic mass is 32.2. The Bertz CT molecular complexity index is 952. The molecule has 0 aliphatic carbocycles. The van der Waals surface area contributed by atoms with Crippen LogP contribution in [-0.2, 0) is 11.3 Å². The molecule has 6 nitrogen and oxygen atoms in total. The Labute approximate surface area is 154 Å². The summed E-state index contributed by atoms with van der Waals surface area (Å²) in [5, 5.41) is 9.86. The van der Waals surface area contributed by atoms with Crippen LogP contribution in [0.5, 0.6) is 0 Å². The van der Waals surface area contributed by atoms with Gasteiger partial charge in [0.25, 0.3) is 5.91 Å². The molecule has 2 heterocycles. The van der Waals surface area contributed by atoms with Crippen molar-refractivity contribution >= 4 is 35.0 Å². The average Bonchev–Trinajstić information content (AvgIpc) is 3.15. The van der Waals surface area contributed by atoms with Crippen LogP contribution in [0.15, 0.2) is 65.8 Å². The lowest BCUT2D eigenvalue weighted by Crippen LogP contribution is -2.19. The highest BCUT2D eigenvalue weighted by Crippen LogP contribution is 2.33. The minimum atomic E-state index is -0.189. The molecule has 0 radical (unpaired) electrons. The van der Waals surface area contributed by atoms with Crippen LogP contribution >= 0.6 is 11.8 Å². The smallest absolute Gasteiger partial charge is 0.255 e. The van der Waals surface area contributed by atoms with Crippen molar-refractivity contribution in [3.8, 4) is 0 Å². The van der Waals surface area contributed by atoms with E-state index in [1.807, 2.05) is 41.2 Å². The van der Waals surface area contributed by atoms with Crippen molar-refractivity contribution in [3.05, 3.63) is 72.1 Å². The van der Waals surface area contributed by atoms with Gasteiger partial charge in [-0.2, -0.15) is 5.10 Å². The summed E-state index contributed by atoms with van der Waals surface area (Å²) in [4.78, 5) is 25.0. The van der Waals surface area contributed by atoms with Gasteiger partial charge in [0, 0.05) is 28.5 Å². The summed E-state index contributed by atoms with van der Waals surface area (Å²) in [5.41, 5.74) is 3.03. The number of amides is 2. The van der Waals surface area contributed by atoms with Crippen molar-refractivity contribution in [2.24, 2.45) is 0 Å². The summed E-state index contributed by atoms with van der Waals surface area (Å²) < 4.78 is 1.83. The topological polar surface area (TPSA) is 76.0 Å². The Morgan fingerprint density at radius 3 is 2.85 bits per heavy atom. The predicted octanol–water partition coefficient (Wildman–Crippen LogP) is 3.23. The Kier molecular flexibility index (Phi) is 4.45. The molecule has 0 saturated heterocycles. The summed E-state index contributed by atoms with van der Waals surface area (Å²) in [7, 11) is 0. The molecule has 0 saturated carbocycles. The maximum atomic E-state index is 12.5. The Balaban J connectivity index is 1.44. The normalized spacial score (nSPS) is 13.0. The zero-order chi connectivity index (χ0) is 17.9. The van der Waals surface area contributed by atoms with Crippen LogP contribution < -0.4 is 10.6 Å². The monoisotopic (exact) mass is 364 g/mol. The van der Waals surface area contributed by atoms with Crippen molar-refractivity contribution in [1.82, 2.24) is 9.78 Å². The largest absolute Gasteiger partial charge is 0.324 e. The van der Waals surface area contributed by atoms with Crippen LogP contribution in [0, 0.1) is 0 Å². The molecule has 1 aliphatic heterocycles. The predicted molar refractivity (Wildman–Crippen MR) is 102 cm³/mol. The molecule has 26 heavy (non-hydrogen) atoms. The van der Waals surface area contributed by atoms with Gasteiger partial charge < -0.3 is 10.6 Å². The second-order valence-electron chi connectivity index (χ2n) is 5.90. The second-order valence-corrected chi connectivity index (χ2v) is 6.92. The fraction of sp³-hybridized carbons (Fsp3) is 0.105. The molecule has 2 aromatic carbocycles. The molecule has 0 bridgehead atoms. The molecule has 0 spiro atoms. The summed E-state index contributed by atoms with van der Waals surface area (Å²) in [5.74, 6) is 0.202. The summed E-state index contributed by atoms with van der Waals surface area (Å²) >= 11 is 1.49. The van der Waals surface area contributed by atoms with Gasteiger partial charge in [0.05, 0.1) is 18.0 Å². The minimum absolute atomic E-state index is 0.0289. The maximum Gasteiger partial charge on any atom is 0.255 e. The third kappa shape index (κ3) is 3.62. The number of nitrogens with one attached hydrogen (secondary N) is 2. The molecule has 4 rings (SSSR count). The van der Waals surface area contributed by atoms with E-state index in [0.29, 0.717) is 23.5 Å². The van der Waals surface area contributed by atoms with Gasteiger partial charge in [0.2, 0.25) is 5.91 Å². The minimum Gasteiger partial charge on any atom is -0.324 e. The maximum absolute atomic E-state index is 12.5. The lowest BCUT2D eigenvalue weighted by Gasteiger charge is -2.17. The van der Waals surface area contributed by atoms with E-state index in [4.69, 9.17) is 0 Å². The number of hydrogen-bond acceptors (Lipinski definition) is 4. The molecule has 1 aromatic heterocycles. The van der Waals surface area contributed by atoms with E-state index in [2.05, 4.69) is 15.7 Å². The molecule has 1 aliphatic rings. The number of carbonyl (C=O) groups excluding carboxylic acids is 2. The van der Waals surface area contributed by atoms with Crippen molar-refractivity contribution < 1.29 is 9.59 Å². The number of hydrogen-bond donors (Lipinski definition) is 2. The van der Waals surface area contributed by atoms with E-state index in [1.165, 1.54) is 11.8 Å². The van der Waals surface area contributed by atoms with Crippen LogP contribution in [-0.4, -0.2) is 27.3 Å². The van der Waals surface area contributed by atoms with Gasteiger partial charge in [-0.05, 0) is 42.0 Å². The van der Waals surface area contributed by atoms with Crippen molar-refractivity contribution in [2.75, 3.05) is 16.4 Å². The van der Waals surface area contributed by atoms with Gasteiger partial charge in [0.1, 0.15) is 0 Å². The molecule has 0 fully saturated rings. The fourth-order valence-electron chi connectivity index (χ4n) is 2.71. The van der Waals surface area contributed by atoms with Gasteiger partial charge in [-0.3, -0.25) is 14.3 Å². The molecule has 2 amide bonds. The van der Waals surface area contributed by atoms with Crippen LogP contribution in [0.2, 0.25) is 0 Å². The number of aromatic nitrogens is 2. The van der Waals surface area contributed by atoms with E-state index in [1.54, 1.807) is 24.4 Å². The SMILES string of the molecule is O=C1CSc2ccc(NC(=O)c3ccc(Cn4cccn4)cc3)cc2N1. The fourth-order valence-corrected chi connectivity index (χ4v) is 3.50. The Morgan fingerprint density at radius 2 is 2.08 bits per heavy atom. The van der Waals surface area contributed by atoms with Gasteiger partial charge >= 0.3 is 0 Å². The number of benzene rings is 2. The highest BCUT2D eigenvalue weighted by Gasteiger charge is 2.16. The molecular formula is C19H16N4O2S. The number of nitrogens with zero attached hydrogens (tertiary/aromatic N) is 2. The Morgan fingerprint density at radius 1 is 1.23 bits per heavy atom. The van der Waals surface area contributed by atoms with Crippen molar-refractivity contribution in [2.45, 2.75) is 11.4 Å². The van der Waals surface area contributed by atoms with E-state index in [-0.39, 0.29) is 11.8 Å². The van der Waals surface area contributed by atoms with Crippen LogP contribution in [0.25, 0.3) is 0 Å². The first-order valence-electron chi connectivity index (χ1n) is 8.12. The number of anilines is 2. The zero-order valence-corrected chi connectivity index (χ0v) is 14.6. The van der Waals surface area contributed by atoms with Crippen molar-refractivity contribution in [3.63, 3.8) is 0 Å².